The molecule has 0 heterocycles. The van der Waals surface area contributed by atoms with Gasteiger partial charge in [0.15, 0.2) is 0 Å². The number of halogens is 1. The van der Waals surface area contributed by atoms with Gasteiger partial charge in [0.25, 0.3) is 10.0 Å². The van der Waals surface area contributed by atoms with E-state index in [0.717, 1.165) is 5.56 Å². The number of hydrogen-bond acceptors (Lipinski definition) is 3. The van der Waals surface area contributed by atoms with E-state index in [2.05, 4.69) is 5.32 Å². The number of sulfonamides is 1. The van der Waals surface area contributed by atoms with E-state index >= 15 is 0 Å². The van der Waals surface area contributed by atoms with Gasteiger partial charge in [-0.1, -0.05) is 54.1 Å². The molecular weight excluding hydrogens is 420 g/mol. The quantitative estimate of drug-likeness (QED) is 0.513. The predicted octanol–water partition coefficient (Wildman–Crippen LogP) is 5.21. The van der Waals surface area contributed by atoms with Crippen LogP contribution in [0.25, 0.3) is 6.08 Å². The molecule has 3 rings (SSSR count). The maximum atomic E-state index is 13.3. The Labute approximate surface area is 181 Å². The Kier molecular flexibility index (Phi) is 6.92. The molecule has 0 unspecified atom stereocenters. The molecule has 0 aliphatic heterocycles. The van der Waals surface area contributed by atoms with Crippen molar-refractivity contribution in [1.82, 2.24) is 0 Å². The summed E-state index contributed by atoms with van der Waals surface area (Å²) < 4.78 is 28.0. The number of rotatable bonds is 7. The first-order valence-electron chi connectivity index (χ1n) is 9.33. The maximum absolute atomic E-state index is 13.3. The van der Waals surface area contributed by atoms with Crippen LogP contribution in [0.4, 0.5) is 11.4 Å². The van der Waals surface area contributed by atoms with Crippen molar-refractivity contribution in [3.05, 3.63) is 95.5 Å². The molecule has 7 heteroatoms. The summed E-state index contributed by atoms with van der Waals surface area (Å²) in [7, 11) is -3.87. The van der Waals surface area contributed by atoms with Gasteiger partial charge < -0.3 is 5.32 Å². The highest BCUT2D eigenvalue weighted by molar-refractivity contribution is 7.93. The van der Waals surface area contributed by atoms with E-state index < -0.39 is 15.9 Å². The molecule has 0 saturated carbocycles. The molecule has 0 spiro atoms. The minimum Gasteiger partial charge on any atom is -0.321 e. The van der Waals surface area contributed by atoms with Crippen LogP contribution in [0, 0.1) is 0 Å². The number of carbonyl (C=O) groups excluding carboxylic acids is 1. The average molecular weight is 441 g/mol. The summed E-state index contributed by atoms with van der Waals surface area (Å²) in [6.45, 7) is 2.02. The lowest BCUT2D eigenvalue weighted by molar-refractivity contribution is -0.111. The van der Waals surface area contributed by atoms with Crippen LogP contribution in [-0.4, -0.2) is 20.9 Å². The van der Waals surface area contributed by atoms with E-state index in [1.807, 2.05) is 6.07 Å². The van der Waals surface area contributed by atoms with Crippen molar-refractivity contribution in [2.45, 2.75) is 11.8 Å². The normalized spacial score (nSPS) is 11.4. The molecule has 30 heavy (non-hydrogen) atoms. The zero-order valence-corrected chi connectivity index (χ0v) is 17.9. The van der Waals surface area contributed by atoms with Crippen molar-refractivity contribution in [1.29, 1.82) is 0 Å². The van der Waals surface area contributed by atoms with E-state index in [9.17, 15) is 13.2 Å². The molecule has 0 radical (unpaired) electrons. The molecule has 0 aliphatic rings. The Balaban J connectivity index is 1.86. The topological polar surface area (TPSA) is 66.5 Å². The van der Waals surface area contributed by atoms with Gasteiger partial charge in [-0.2, -0.15) is 0 Å². The second-order valence-corrected chi connectivity index (χ2v) is 8.64. The van der Waals surface area contributed by atoms with Gasteiger partial charge in [-0.3, -0.25) is 9.10 Å². The van der Waals surface area contributed by atoms with Gasteiger partial charge in [-0.05, 0) is 55.0 Å². The molecule has 0 saturated heterocycles. The van der Waals surface area contributed by atoms with Crippen LogP contribution < -0.4 is 9.62 Å². The lowest BCUT2D eigenvalue weighted by Gasteiger charge is -2.24. The number of amides is 1. The Morgan fingerprint density at radius 2 is 1.60 bits per heavy atom. The summed E-state index contributed by atoms with van der Waals surface area (Å²) in [5, 5.41) is 3.28. The molecule has 0 aliphatic carbocycles. The van der Waals surface area contributed by atoms with Gasteiger partial charge in [0.2, 0.25) is 5.91 Å². The van der Waals surface area contributed by atoms with Crippen molar-refractivity contribution in [2.75, 3.05) is 16.2 Å². The maximum Gasteiger partial charge on any atom is 0.266 e. The second-order valence-electron chi connectivity index (χ2n) is 6.38. The zero-order chi connectivity index (χ0) is 21.6. The van der Waals surface area contributed by atoms with Crippen molar-refractivity contribution in [3.63, 3.8) is 0 Å². The molecule has 3 aromatic rings. The fraction of sp³-hybridized carbons (Fsp3) is 0.0870. The molecule has 3 aromatic carbocycles. The third kappa shape index (κ3) is 5.09. The molecule has 5 nitrogen and oxygen atoms in total. The molecule has 0 fully saturated rings. The fourth-order valence-electron chi connectivity index (χ4n) is 2.92. The zero-order valence-electron chi connectivity index (χ0n) is 16.3. The van der Waals surface area contributed by atoms with E-state index in [0.29, 0.717) is 10.7 Å². The van der Waals surface area contributed by atoms with Crippen LogP contribution in [0.3, 0.4) is 0 Å². The van der Waals surface area contributed by atoms with Crippen molar-refractivity contribution >= 4 is 45.0 Å². The first kappa shape index (κ1) is 21.6. The largest absolute Gasteiger partial charge is 0.321 e. The van der Waals surface area contributed by atoms with Crippen LogP contribution in [0.5, 0.6) is 0 Å². The minimum absolute atomic E-state index is 0.0314. The Morgan fingerprint density at radius 3 is 2.27 bits per heavy atom. The Morgan fingerprint density at radius 1 is 0.967 bits per heavy atom. The molecule has 1 amide bonds. The third-order valence-electron chi connectivity index (χ3n) is 4.34. The molecule has 0 bridgehead atoms. The summed E-state index contributed by atoms with van der Waals surface area (Å²) in [4.78, 5) is 12.4. The molecule has 154 valence electrons. The Hall–Kier alpha value is -3.09. The summed E-state index contributed by atoms with van der Waals surface area (Å²) in [5.41, 5.74) is 1.58. The number of carbonyl (C=O) groups is 1. The van der Waals surface area contributed by atoms with Gasteiger partial charge in [0.05, 0.1) is 11.4 Å². The van der Waals surface area contributed by atoms with Gasteiger partial charge in [-0.15, -0.1) is 0 Å². The molecule has 0 aromatic heterocycles. The number of para-hydroxylation sites is 2. The van der Waals surface area contributed by atoms with E-state index in [1.165, 1.54) is 16.4 Å². The molecule has 1 N–H and O–H groups in total. The number of benzene rings is 3. The van der Waals surface area contributed by atoms with Gasteiger partial charge >= 0.3 is 0 Å². The van der Waals surface area contributed by atoms with Gasteiger partial charge in [0.1, 0.15) is 4.90 Å². The lowest BCUT2D eigenvalue weighted by Crippen LogP contribution is -2.31. The summed E-state index contributed by atoms with van der Waals surface area (Å²) in [6.07, 6.45) is 2.98. The smallest absolute Gasteiger partial charge is 0.266 e. The van der Waals surface area contributed by atoms with Gasteiger partial charge in [-0.25, -0.2) is 8.42 Å². The first-order chi connectivity index (χ1) is 14.4. The minimum atomic E-state index is -3.87. The number of nitrogens with zero attached hydrogens (tertiary/aromatic N) is 1. The van der Waals surface area contributed by atoms with Gasteiger partial charge in [0, 0.05) is 17.6 Å². The van der Waals surface area contributed by atoms with Crippen LogP contribution in [0.1, 0.15) is 12.5 Å². The predicted molar refractivity (Wildman–Crippen MR) is 122 cm³/mol. The van der Waals surface area contributed by atoms with Crippen molar-refractivity contribution < 1.29 is 13.2 Å². The van der Waals surface area contributed by atoms with Crippen LogP contribution in [-0.2, 0) is 14.8 Å². The number of hydrogen-bond donors (Lipinski definition) is 1. The fourth-order valence-corrected chi connectivity index (χ4v) is 4.67. The summed E-state index contributed by atoms with van der Waals surface area (Å²) >= 11 is 5.86. The highest BCUT2D eigenvalue weighted by Crippen LogP contribution is 2.28. The van der Waals surface area contributed by atoms with Crippen LogP contribution >= 0.6 is 11.6 Å². The standard InChI is InChI=1S/C23H21ClN2O3S/c1-2-26(20-8-4-3-5-9-20)30(28,29)22-11-7-6-10-21(22)25-23(27)17-14-18-12-15-19(24)16-13-18/h3-17H,2H2,1H3,(H,25,27)/b17-14+. The highest BCUT2D eigenvalue weighted by Gasteiger charge is 2.26. The number of nitrogens with one attached hydrogen (secondary N) is 1. The van der Waals surface area contributed by atoms with Crippen LogP contribution in [0.15, 0.2) is 89.8 Å². The van der Waals surface area contributed by atoms with E-state index in [4.69, 9.17) is 11.6 Å². The SMILES string of the molecule is CCN(c1ccccc1)S(=O)(=O)c1ccccc1NC(=O)/C=C/c1ccc(Cl)cc1. The van der Waals surface area contributed by atoms with E-state index in [-0.39, 0.29) is 17.1 Å². The third-order valence-corrected chi connectivity index (χ3v) is 6.55. The highest BCUT2D eigenvalue weighted by atomic mass is 35.5. The summed E-state index contributed by atoms with van der Waals surface area (Å²) in [6, 6.07) is 22.2. The van der Waals surface area contributed by atoms with E-state index in [1.54, 1.807) is 79.7 Å². The summed E-state index contributed by atoms with van der Waals surface area (Å²) in [5.74, 6) is -0.435. The molecule has 0 atom stereocenters. The Bertz CT molecular complexity index is 1140. The first-order valence-corrected chi connectivity index (χ1v) is 11.1. The number of anilines is 2. The van der Waals surface area contributed by atoms with Crippen molar-refractivity contribution in [2.24, 2.45) is 0 Å². The van der Waals surface area contributed by atoms with Crippen molar-refractivity contribution in [3.8, 4) is 0 Å². The average Bonchev–Trinajstić information content (AvgIpc) is 2.75. The molecular formula is C23H21ClN2O3S. The second kappa shape index (κ2) is 9.61. The van der Waals surface area contributed by atoms with Crippen LogP contribution in [0.2, 0.25) is 5.02 Å². The lowest BCUT2D eigenvalue weighted by atomic mass is 10.2. The monoisotopic (exact) mass is 440 g/mol.